The fourth-order valence-corrected chi connectivity index (χ4v) is 2.10. The van der Waals surface area contributed by atoms with Crippen LogP contribution in [0.2, 0.25) is 0 Å². The number of nitrogens with one attached hydrogen (secondary N) is 1. The Kier molecular flexibility index (Phi) is 8.53. The summed E-state index contributed by atoms with van der Waals surface area (Å²) in [7, 11) is 0. The van der Waals surface area contributed by atoms with Crippen molar-refractivity contribution in [1.29, 1.82) is 0 Å². The summed E-state index contributed by atoms with van der Waals surface area (Å²) in [6.07, 6.45) is 4.67. The quantitative estimate of drug-likeness (QED) is 0.642. The van der Waals surface area contributed by atoms with Crippen LogP contribution < -0.4 is 5.32 Å². The minimum absolute atomic E-state index is 0.505. The van der Waals surface area contributed by atoms with Gasteiger partial charge in [-0.15, -0.1) is 0 Å². The molecule has 0 saturated carbocycles. The number of hydrogen-bond donors (Lipinski definition) is 1. The predicted octanol–water partition coefficient (Wildman–Crippen LogP) is 3.41. The van der Waals surface area contributed by atoms with E-state index in [9.17, 15) is 0 Å². The zero-order valence-electron chi connectivity index (χ0n) is 11.8. The number of likely N-dealkylation sites (N-methyl/N-ethyl adjacent to an activating group) is 1. The van der Waals surface area contributed by atoms with E-state index >= 15 is 0 Å². The Hall–Kier alpha value is -0.860. The molecule has 0 heterocycles. The first-order chi connectivity index (χ1) is 8.86. The normalized spacial score (nSPS) is 12.6. The number of rotatable bonds is 10. The van der Waals surface area contributed by atoms with Gasteiger partial charge >= 0.3 is 0 Å². The molecule has 0 aliphatic rings. The van der Waals surface area contributed by atoms with Crippen LogP contribution >= 0.6 is 0 Å². The van der Waals surface area contributed by atoms with Gasteiger partial charge in [-0.1, -0.05) is 44.2 Å². The molecule has 1 N–H and O–H groups in total. The molecule has 18 heavy (non-hydrogen) atoms. The molecule has 1 aromatic carbocycles. The molecule has 1 rings (SSSR count). The van der Waals surface area contributed by atoms with Gasteiger partial charge in [0.15, 0.2) is 0 Å². The van der Waals surface area contributed by atoms with Gasteiger partial charge in [-0.05, 0) is 37.8 Å². The molecule has 2 nitrogen and oxygen atoms in total. The van der Waals surface area contributed by atoms with Crippen LogP contribution in [0.5, 0.6) is 0 Å². The van der Waals surface area contributed by atoms with Gasteiger partial charge in [-0.3, -0.25) is 0 Å². The molecule has 0 saturated heterocycles. The molecule has 0 bridgehead atoms. The molecular formula is C16H27NO. The minimum atomic E-state index is 0.505. The summed E-state index contributed by atoms with van der Waals surface area (Å²) in [4.78, 5) is 0. The summed E-state index contributed by atoms with van der Waals surface area (Å²) in [6, 6.07) is 11.2. The van der Waals surface area contributed by atoms with Crippen molar-refractivity contribution in [2.45, 2.75) is 45.6 Å². The maximum atomic E-state index is 5.64. The predicted molar refractivity (Wildman–Crippen MR) is 78.0 cm³/mol. The molecule has 1 aromatic rings. The first-order valence-corrected chi connectivity index (χ1v) is 7.21. The van der Waals surface area contributed by atoms with Gasteiger partial charge in [0, 0.05) is 12.6 Å². The van der Waals surface area contributed by atoms with Crippen LogP contribution in [0.15, 0.2) is 30.3 Å². The smallest absolute Gasteiger partial charge is 0.0619 e. The molecule has 0 aromatic heterocycles. The number of benzene rings is 1. The van der Waals surface area contributed by atoms with Crippen LogP contribution in [-0.2, 0) is 11.2 Å². The minimum Gasteiger partial charge on any atom is -0.380 e. The van der Waals surface area contributed by atoms with Gasteiger partial charge in [0.05, 0.1) is 6.61 Å². The van der Waals surface area contributed by atoms with Crippen LogP contribution in [0.25, 0.3) is 0 Å². The van der Waals surface area contributed by atoms with Gasteiger partial charge in [0.25, 0.3) is 0 Å². The van der Waals surface area contributed by atoms with Gasteiger partial charge in [-0.25, -0.2) is 0 Å². The number of aryl methyl sites for hydroxylation is 1. The van der Waals surface area contributed by atoms with Crippen LogP contribution in [0.1, 0.15) is 38.7 Å². The Balaban J connectivity index is 2.20. The van der Waals surface area contributed by atoms with E-state index in [0.717, 1.165) is 32.6 Å². The summed E-state index contributed by atoms with van der Waals surface area (Å²) in [6.45, 7) is 7.05. The average Bonchev–Trinajstić information content (AvgIpc) is 2.40. The van der Waals surface area contributed by atoms with Crippen molar-refractivity contribution in [2.75, 3.05) is 19.8 Å². The summed E-state index contributed by atoms with van der Waals surface area (Å²) in [5, 5.41) is 3.50. The molecule has 0 radical (unpaired) electrons. The van der Waals surface area contributed by atoms with E-state index in [2.05, 4.69) is 49.5 Å². The van der Waals surface area contributed by atoms with Crippen LogP contribution in [0, 0.1) is 0 Å². The van der Waals surface area contributed by atoms with Crippen LogP contribution in [-0.4, -0.2) is 25.8 Å². The SMILES string of the molecule is CCCOCC(CCCc1ccccc1)NCC. The Morgan fingerprint density at radius 1 is 1.17 bits per heavy atom. The van der Waals surface area contributed by atoms with E-state index in [-0.39, 0.29) is 0 Å². The molecule has 0 spiro atoms. The standard InChI is InChI=1S/C16H27NO/c1-3-13-18-14-16(17-4-2)12-8-11-15-9-6-5-7-10-15/h5-7,9-10,16-17H,3-4,8,11-14H2,1-2H3. The monoisotopic (exact) mass is 249 g/mol. The third-order valence-corrected chi connectivity index (χ3v) is 3.02. The Morgan fingerprint density at radius 3 is 2.61 bits per heavy atom. The fraction of sp³-hybridized carbons (Fsp3) is 0.625. The van der Waals surface area contributed by atoms with Crippen molar-refractivity contribution in [1.82, 2.24) is 5.32 Å². The summed E-state index contributed by atoms with van der Waals surface area (Å²) >= 11 is 0. The molecule has 102 valence electrons. The zero-order chi connectivity index (χ0) is 13.1. The summed E-state index contributed by atoms with van der Waals surface area (Å²) < 4.78 is 5.64. The van der Waals surface area contributed by atoms with Gasteiger partial charge in [0.1, 0.15) is 0 Å². The lowest BCUT2D eigenvalue weighted by molar-refractivity contribution is 0.109. The van der Waals surface area contributed by atoms with Crippen molar-refractivity contribution < 1.29 is 4.74 Å². The second kappa shape index (κ2) is 10.1. The van der Waals surface area contributed by atoms with Crippen LogP contribution in [0.4, 0.5) is 0 Å². The maximum absolute atomic E-state index is 5.64. The van der Waals surface area contributed by atoms with Crippen molar-refractivity contribution in [3.63, 3.8) is 0 Å². The van der Waals surface area contributed by atoms with E-state index in [1.54, 1.807) is 0 Å². The van der Waals surface area contributed by atoms with E-state index in [0.29, 0.717) is 6.04 Å². The van der Waals surface area contributed by atoms with Gasteiger partial charge in [0.2, 0.25) is 0 Å². The van der Waals surface area contributed by atoms with Gasteiger partial charge in [-0.2, -0.15) is 0 Å². The second-order valence-electron chi connectivity index (χ2n) is 4.71. The van der Waals surface area contributed by atoms with Crippen molar-refractivity contribution in [2.24, 2.45) is 0 Å². The molecule has 0 aliphatic carbocycles. The van der Waals surface area contributed by atoms with Gasteiger partial charge < -0.3 is 10.1 Å². The highest BCUT2D eigenvalue weighted by atomic mass is 16.5. The lowest BCUT2D eigenvalue weighted by Crippen LogP contribution is -2.33. The zero-order valence-corrected chi connectivity index (χ0v) is 11.8. The lowest BCUT2D eigenvalue weighted by Gasteiger charge is -2.17. The third-order valence-electron chi connectivity index (χ3n) is 3.02. The maximum Gasteiger partial charge on any atom is 0.0619 e. The lowest BCUT2D eigenvalue weighted by atomic mass is 10.1. The van der Waals surface area contributed by atoms with E-state index < -0.39 is 0 Å². The molecule has 1 atom stereocenters. The largest absolute Gasteiger partial charge is 0.380 e. The van der Waals surface area contributed by atoms with Crippen molar-refractivity contribution in [3.8, 4) is 0 Å². The first-order valence-electron chi connectivity index (χ1n) is 7.21. The topological polar surface area (TPSA) is 21.3 Å². The molecule has 0 aliphatic heterocycles. The highest BCUT2D eigenvalue weighted by molar-refractivity contribution is 5.14. The Bertz CT molecular complexity index is 286. The summed E-state index contributed by atoms with van der Waals surface area (Å²) in [5.41, 5.74) is 1.43. The van der Waals surface area contributed by atoms with Crippen LogP contribution in [0.3, 0.4) is 0 Å². The highest BCUT2D eigenvalue weighted by Gasteiger charge is 2.06. The van der Waals surface area contributed by atoms with Crippen molar-refractivity contribution >= 4 is 0 Å². The van der Waals surface area contributed by atoms with E-state index in [1.807, 2.05) is 0 Å². The first kappa shape index (κ1) is 15.2. The third kappa shape index (κ3) is 6.77. The second-order valence-corrected chi connectivity index (χ2v) is 4.71. The molecular weight excluding hydrogens is 222 g/mol. The van der Waals surface area contributed by atoms with E-state index in [1.165, 1.54) is 18.4 Å². The molecule has 1 unspecified atom stereocenters. The Labute approximate surface area is 112 Å². The molecule has 0 fully saturated rings. The van der Waals surface area contributed by atoms with Crippen molar-refractivity contribution in [3.05, 3.63) is 35.9 Å². The summed E-state index contributed by atoms with van der Waals surface area (Å²) in [5.74, 6) is 0. The molecule has 0 amide bonds. The molecule has 2 heteroatoms. The number of ether oxygens (including phenoxy) is 1. The highest BCUT2D eigenvalue weighted by Crippen LogP contribution is 2.07. The fourth-order valence-electron chi connectivity index (χ4n) is 2.10. The average molecular weight is 249 g/mol. The Morgan fingerprint density at radius 2 is 1.94 bits per heavy atom. The number of hydrogen-bond acceptors (Lipinski definition) is 2. The van der Waals surface area contributed by atoms with E-state index in [4.69, 9.17) is 4.74 Å².